The van der Waals surface area contributed by atoms with Crippen LogP contribution in [0.2, 0.25) is 5.02 Å². The number of halogens is 2. The SMILES string of the molecule is Cc1cn(-c2ccc(Cl)cc2I)c(NC2CC2)n1. The van der Waals surface area contributed by atoms with E-state index in [9.17, 15) is 0 Å². The molecular weight excluding hydrogens is 361 g/mol. The standard InChI is InChI=1S/C13H13ClIN3/c1-8-7-18(13(16-8)17-10-3-4-10)12-5-2-9(14)6-11(12)15/h2,5-7,10H,3-4H2,1H3,(H,16,17). The summed E-state index contributed by atoms with van der Waals surface area (Å²) in [4.78, 5) is 4.55. The molecule has 0 unspecified atom stereocenters. The van der Waals surface area contributed by atoms with Gasteiger partial charge in [0.1, 0.15) is 0 Å². The lowest BCUT2D eigenvalue weighted by Crippen LogP contribution is -2.08. The zero-order valence-corrected chi connectivity index (χ0v) is 12.9. The van der Waals surface area contributed by atoms with Gasteiger partial charge in [-0.2, -0.15) is 0 Å². The number of anilines is 1. The van der Waals surface area contributed by atoms with E-state index in [4.69, 9.17) is 11.6 Å². The molecule has 0 spiro atoms. The highest BCUT2D eigenvalue weighted by atomic mass is 127. The summed E-state index contributed by atoms with van der Waals surface area (Å²) in [5.74, 6) is 0.926. The lowest BCUT2D eigenvalue weighted by Gasteiger charge is -2.11. The number of aryl methyl sites for hydroxylation is 1. The third kappa shape index (κ3) is 2.49. The molecule has 94 valence electrons. The Labute approximate surface area is 125 Å². The van der Waals surface area contributed by atoms with Crippen molar-refractivity contribution in [2.75, 3.05) is 5.32 Å². The van der Waals surface area contributed by atoms with Gasteiger partial charge in [0.15, 0.2) is 0 Å². The molecule has 18 heavy (non-hydrogen) atoms. The van der Waals surface area contributed by atoms with Crippen molar-refractivity contribution in [2.45, 2.75) is 25.8 Å². The maximum atomic E-state index is 6.00. The van der Waals surface area contributed by atoms with Gasteiger partial charge in [-0.3, -0.25) is 4.57 Å². The molecule has 3 rings (SSSR count). The van der Waals surface area contributed by atoms with Crippen molar-refractivity contribution in [3.63, 3.8) is 0 Å². The van der Waals surface area contributed by atoms with Crippen LogP contribution in [0.4, 0.5) is 5.95 Å². The van der Waals surface area contributed by atoms with Crippen LogP contribution in [-0.4, -0.2) is 15.6 Å². The van der Waals surface area contributed by atoms with Crippen molar-refractivity contribution in [2.24, 2.45) is 0 Å². The summed E-state index contributed by atoms with van der Waals surface area (Å²) < 4.78 is 3.22. The van der Waals surface area contributed by atoms with Crippen LogP contribution in [0, 0.1) is 10.5 Å². The monoisotopic (exact) mass is 373 g/mol. The van der Waals surface area contributed by atoms with Crippen LogP contribution in [0.5, 0.6) is 0 Å². The molecule has 0 amide bonds. The Balaban J connectivity index is 2.03. The number of benzene rings is 1. The molecule has 0 radical (unpaired) electrons. The quantitative estimate of drug-likeness (QED) is 0.824. The number of nitrogens with zero attached hydrogens (tertiary/aromatic N) is 2. The van der Waals surface area contributed by atoms with Crippen LogP contribution in [0.1, 0.15) is 18.5 Å². The van der Waals surface area contributed by atoms with Crippen molar-refractivity contribution in [3.05, 3.63) is 38.7 Å². The molecule has 0 atom stereocenters. The summed E-state index contributed by atoms with van der Waals surface area (Å²) >= 11 is 8.30. The Kier molecular flexibility index (Phi) is 3.23. The molecule has 0 aliphatic heterocycles. The second-order valence-corrected chi connectivity index (χ2v) is 6.19. The van der Waals surface area contributed by atoms with E-state index in [2.05, 4.69) is 43.7 Å². The van der Waals surface area contributed by atoms with Gasteiger partial charge in [-0.05, 0) is 60.6 Å². The Morgan fingerprint density at radius 1 is 1.44 bits per heavy atom. The maximum Gasteiger partial charge on any atom is 0.207 e. The van der Waals surface area contributed by atoms with Crippen LogP contribution in [-0.2, 0) is 0 Å². The van der Waals surface area contributed by atoms with Crippen LogP contribution in [0.15, 0.2) is 24.4 Å². The fourth-order valence-corrected chi connectivity index (χ4v) is 3.00. The average Bonchev–Trinajstić information content (AvgIpc) is 3.03. The molecule has 0 bridgehead atoms. The molecule has 1 N–H and O–H groups in total. The van der Waals surface area contributed by atoms with Gasteiger partial charge in [0.25, 0.3) is 0 Å². The van der Waals surface area contributed by atoms with E-state index in [0.29, 0.717) is 6.04 Å². The molecule has 1 aliphatic rings. The first-order chi connectivity index (χ1) is 8.63. The fourth-order valence-electron chi connectivity index (χ4n) is 1.87. The maximum absolute atomic E-state index is 6.00. The lowest BCUT2D eigenvalue weighted by molar-refractivity contribution is 0.998. The van der Waals surface area contributed by atoms with Gasteiger partial charge in [-0.1, -0.05) is 11.6 Å². The van der Waals surface area contributed by atoms with E-state index in [1.165, 1.54) is 12.8 Å². The Morgan fingerprint density at radius 3 is 2.89 bits per heavy atom. The summed E-state index contributed by atoms with van der Waals surface area (Å²) in [6, 6.07) is 6.50. The number of rotatable bonds is 3. The average molecular weight is 374 g/mol. The number of nitrogens with one attached hydrogen (secondary N) is 1. The predicted molar refractivity (Wildman–Crippen MR) is 82.7 cm³/mol. The second kappa shape index (κ2) is 4.74. The van der Waals surface area contributed by atoms with Crippen molar-refractivity contribution in [3.8, 4) is 5.69 Å². The summed E-state index contributed by atoms with van der Waals surface area (Å²) in [5, 5.41) is 4.22. The van der Waals surface area contributed by atoms with E-state index in [1.807, 2.05) is 25.1 Å². The molecule has 1 heterocycles. The van der Waals surface area contributed by atoms with Gasteiger partial charge in [-0.15, -0.1) is 0 Å². The zero-order chi connectivity index (χ0) is 12.7. The third-order valence-electron chi connectivity index (χ3n) is 2.91. The smallest absolute Gasteiger partial charge is 0.207 e. The molecule has 3 nitrogen and oxygen atoms in total. The first kappa shape index (κ1) is 12.3. The largest absolute Gasteiger partial charge is 0.353 e. The number of imidazole rings is 1. The first-order valence-electron chi connectivity index (χ1n) is 5.91. The van der Waals surface area contributed by atoms with Crippen molar-refractivity contribution in [1.29, 1.82) is 0 Å². The van der Waals surface area contributed by atoms with Gasteiger partial charge >= 0.3 is 0 Å². The summed E-state index contributed by atoms with van der Waals surface area (Å²) in [6.45, 7) is 2.01. The van der Waals surface area contributed by atoms with Crippen molar-refractivity contribution < 1.29 is 0 Å². The first-order valence-corrected chi connectivity index (χ1v) is 7.37. The van der Waals surface area contributed by atoms with E-state index in [1.54, 1.807) is 0 Å². The van der Waals surface area contributed by atoms with Gasteiger partial charge < -0.3 is 5.32 Å². The summed E-state index contributed by atoms with van der Waals surface area (Å²) in [6.07, 6.45) is 4.53. The minimum absolute atomic E-state index is 0.593. The van der Waals surface area contributed by atoms with Crippen molar-refractivity contribution >= 4 is 40.1 Å². The highest BCUT2D eigenvalue weighted by molar-refractivity contribution is 14.1. The summed E-state index contributed by atoms with van der Waals surface area (Å²) in [5.41, 5.74) is 2.13. The predicted octanol–water partition coefficient (Wildman–Crippen LogP) is 4.01. The Hall–Kier alpha value is -0.750. The molecule has 2 aromatic rings. The van der Waals surface area contributed by atoms with Crippen LogP contribution >= 0.6 is 34.2 Å². The second-order valence-electron chi connectivity index (χ2n) is 4.59. The van der Waals surface area contributed by atoms with Gasteiger partial charge in [0.2, 0.25) is 5.95 Å². The molecule has 1 aromatic heterocycles. The normalized spacial score (nSPS) is 14.8. The molecule has 0 saturated heterocycles. The molecular formula is C13H13ClIN3. The lowest BCUT2D eigenvalue weighted by atomic mass is 10.3. The topological polar surface area (TPSA) is 29.9 Å². The van der Waals surface area contributed by atoms with E-state index >= 15 is 0 Å². The third-order valence-corrected chi connectivity index (χ3v) is 4.01. The zero-order valence-electron chi connectivity index (χ0n) is 9.95. The Bertz CT molecular complexity index is 590. The van der Waals surface area contributed by atoms with Gasteiger partial charge in [0.05, 0.1) is 11.4 Å². The van der Waals surface area contributed by atoms with Crippen molar-refractivity contribution in [1.82, 2.24) is 9.55 Å². The van der Waals surface area contributed by atoms with E-state index in [-0.39, 0.29) is 0 Å². The summed E-state index contributed by atoms with van der Waals surface area (Å²) in [7, 11) is 0. The molecule has 1 fully saturated rings. The van der Waals surface area contributed by atoms with Crippen LogP contribution in [0.3, 0.4) is 0 Å². The number of hydrogen-bond donors (Lipinski definition) is 1. The molecule has 1 saturated carbocycles. The molecule has 1 aliphatic carbocycles. The number of hydrogen-bond acceptors (Lipinski definition) is 2. The van der Waals surface area contributed by atoms with Gasteiger partial charge in [0, 0.05) is 20.8 Å². The molecule has 1 aromatic carbocycles. The highest BCUT2D eigenvalue weighted by Crippen LogP contribution is 2.28. The molecule has 5 heteroatoms. The van der Waals surface area contributed by atoms with E-state index < -0.39 is 0 Å². The minimum Gasteiger partial charge on any atom is -0.353 e. The van der Waals surface area contributed by atoms with Gasteiger partial charge in [-0.25, -0.2) is 4.98 Å². The highest BCUT2D eigenvalue weighted by Gasteiger charge is 2.23. The van der Waals surface area contributed by atoms with Crippen LogP contribution in [0.25, 0.3) is 5.69 Å². The van der Waals surface area contributed by atoms with Crippen LogP contribution < -0.4 is 5.32 Å². The van der Waals surface area contributed by atoms with E-state index in [0.717, 1.165) is 25.9 Å². The number of aromatic nitrogens is 2. The minimum atomic E-state index is 0.593. The Morgan fingerprint density at radius 2 is 2.22 bits per heavy atom. The fraction of sp³-hybridized carbons (Fsp3) is 0.308.